The number of aromatic carboxylic acids is 1. The Morgan fingerprint density at radius 2 is 1.95 bits per heavy atom. The number of nitrogens with two attached hydrogens (primary N) is 1. The average Bonchev–Trinajstić information content (AvgIpc) is 2.29. The summed E-state index contributed by atoms with van der Waals surface area (Å²) in [5.41, 5.74) is 4.08. The van der Waals surface area contributed by atoms with Crippen molar-refractivity contribution in [2.45, 2.75) is 6.42 Å². The summed E-state index contributed by atoms with van der Waals surface area (Å²) in [5, 5.41) is 18.0. The Bertz CT molecular complexity index is 746. The molecule has 0 aliphatic heterocycles. The molecule has 98 valence electrons. The summed E-state index contributed by atoms with van der Waals surface area (Å²) in [4.78, 5) is 33.6. The predicted octanol–water partition coefficient (Wildman–Crippen LogP) is 0.701. The minimum atomic E-state index is -1.39. The van der Waals surface area contributed by atoms with Gasteiger partial charge in [0.1, 0.15) is 5.58 Å². The first-order valence-electron chi connectivity index (χ1n) is 5.20. The van der Waals surface area contributed by atoms with Gasteiger partial charge in [-0.2, -0.15) is 0 Å². The molecule has 0 saturated heterocycles. The van der Waals surface area contributed by atoms with Crippen LogP contribution in [-0.2, 0) is 11.2 Å². The fourth-order valence-electron chi connectivity index (χ4n) is 1.81. The van der Waals surface area contributed by atoms with Gasteiger partial charge in [0.25, 0.3) is 0 Å². The summed E-state index contributed by atoms with van der Waals surface area (Å²) in [6.45, 7) is 0. The van der Waals surface area contributed by atoms with Crippen LogP contribution >= 0.6 is 0 Å². The minimum Gasteiger partial charge on any atom is -0.481 e. The Kier molecular flexibility index (Phi) is 2.95. The molecule has 0 radical (unpaired) electrons. The molecule has 0 fully saturated rings. The average molecular weight is 263 g/mol. The van der Waals surface area contributed by atoms with Gasteiger partial charge in [0.2, 0.25) is 0 Å². The second-order valence-electron chi connectivity index (χ2n) is 3.87. The Balaban J connectivity index is 2.89. The maximum Gasteiger partial charge on any atom is 0.340 e. The molecule has 4 N–H and O–H groups in total. The van der Waals surface area contributed by atoms with Crippen LogP contribution in [-0.4, -0.2) is 22.2 Å². The molecule has 1 aromatic heterocycles. The van der Waals surface area contributed by atoms with Crippen LogP contribution < -0.4 is 11.4 Å². The maximum atomic E-state index is 11.7. The lowest BCUT2D eigenvalue weighted by molar-refractivity contribution is -0.136. The number of hydrogen-bond donors (Lipinski definition) is 3. The third-order valence-corrected chi connectivity index (χ3v) is 2.57. The molecule has 7 nitrogen and oxygen atoms in total. The molecule has 2 aromatic rings. The van der Waals surface area contributed by atoms with Gasteiger partial charge in [-0.05, 0) is 12.1 Å². The molecule has 19 heavy (non-hydrogen) atoms. The lowest BCUT2D eigenvalue weighted by atomic mass is 10.0. The summed E-state index contributed by atoms with van der Waals surface area (Å²) < 4.78 is 4.90. The first-order valence-corrected chi connectivity index (χ1v) is 5.20. The van der Waals surface area contributed by atoms with E-state index in [1.54, 1.807) is 0 Å². The van der Waals surface area contributed by atoms with E-state index in [1.807, 2.05) is 0 Å². The van der Waals surface area contributed by atoms with E-state index in [2.05, 4.69) is 0 Å². The zero-order valence-electron chi connectivity index (χ0n) is 9.54. The third kappa shape index (κ3) is 2.25. The zero-order valence-corrected chi connectivity index (χ0v) is 9.54. The van der Waals surface area contributed by atoms with Crippen LogP contribution in [0.1, 0.15) is 15.9 Å². The van der Waals surface area contributed by atoms with E-state index in [1.165, 1.54) is 18.2 Å². The topological polar surface area (TPSA) is 131 Å². The summed E-state index contributed by atoms with van der Waals surface area (Å²) in [6, 6.07) is 4.13. The molecule has 0 saturated carbocycles. The van der Waals surface area contributed by atoms with Crippen molar-refractivity contribution in [1.29, 1.82) is 0 Å². The van der Waals surface area contributed by atoms with Crippen LogP contribution in [0, 0.1) is 0 Å². The number of aliphatic carboxylic acids is 1. The van der Waals surface area contributed by atoms with Crippen LogP contribution in [0.5, 0.6) is 0 Å². The fraction of sp³-hybridized carbons (Fsp3) is 0.0833. The lowest BCUT2D eigenvalue weighted by Crippen LogP contribution is -2.19. The number of fused-ring (bicyclic) bond motifs is 1. The van der Waals surface area contributed by atoms with Crippen molar-refractivity contribution >= 4 is 28.6 Å². The van der Waals surface area contributed by atoms with Gasteiger partial charge in [0, 0.05) is 17.1 Å². The second kappa shape index (κ2) is 4.45. The van der Waals surface area contributed by atoms with E-state index >= 15 is 0 Å². The number of benzene rings is 1. The highest BCUT2D eigenvalue weighted by Gasteiger charge is 2.22. The highest BCUT2D eigenvalue weighted by molar-refractivity contribution is 6.04. The number of carboxylic acid groups (broad SMARTS) is 2. The van der Waals surface area contributed by atoms with E-state index in [4.69, 9.17) is 20.4 Å². The molecule has 2 rings (SSSR count). The van der Waals surface area contributed by atoms with E-state index in [9.17, 15) is 14.4 Å². The number of hydrogen-bond acceptors (Lipinski definition) is 5. The van der Waals surface area contributed by atoms with Crippen LogP contribution in [0.3, 0.4) is 0 Å². The van der Waals surface area contributed by atoms with Gasteiger partial charge in [0.05, 0.1) is 17.5 Å². The minimum absolute atomic E-state index is 0.0107. The van der Waals surface area contributed by atoms with E-state index < -0.39 is 29.5 Å². The van der Waals surface area contributed by atoms with Gasteiger partial charge in [0.15, 0.2) is 0 Å². The summed E-state index contributed by atoms with van der Waals surface area (Å²) in [6.07, 6.45) is -0.718. The van der Waals surface area contributed by atoms with Gasteiger partial charge >= 0.3 is 17.6 Å². The van der Waals surface area contributed by atoms with Gasteiger partial charge in [-0.15, -0.1) is 0 Å². The van der Waals surface area contributed by atoms with Crippen LogP contribution in [0.2, 0.25) is 0 Å². The lowest BCUT2D eigenvalue weighted by Gasteiger charge is -2.06. The first-order chi connectivity index (χ1) is 8.90. The largest absolute Gasteiger partial charge is 0.481 e. The number of carboxylic acids is 2. The molecule has 0 bridgehead atoms. The highest BCUT2D eigenvalue weighted by Crippen LogP contribution is 2.22. The second-order valence-corrected chi connectivity index (χ2v) is 3.87. The normalized spacial score (nSPS) is 10.5. The zero-order chi connectivity index (χ0) is 14.2. The standard InChI is InChI=1S/C12H9NO6/c13-5-1-2-6-8(3-5)19-12(18)7(4-9(14)15)10(6)11(16)17/h1-3H,4,13H2,(H,14,15)(H,16,17). The van der Waals surface area contributed by atoms with Gasteiger partial charge in [-0.1, -0.05) is 0 Å². The molecule has 0 unspecified atom stereocenters. The molecule has 7 heteroatoms. The van der Waals surface area contributed by atoms with Crippen LogP contribution in [0.15, 0.2) is 27.4 Å². The van der Waals surface area contributed by atoms with Gasteiger partial charge in [-0.3, -0.25) is 4.79 Å². The maximum absolute atomic E-state index is 11.7. The monoisotopic (exact) mass is 263 g/mol. The Morgan fingerprint density at radius 3 is 2.53 bits per heavy atom. The van der Waals surface area contributed by atoms with E-state index in [-0.39, 0.29) is 16.5 Å². The molecule has 1 aromatic carbocycles. The third-order valence-electron chi connectivity index (χ3n) is 2.57. The van der Waals surface area contributed by atoms with Crippen molar-refractivity contribution in [1.82, 2.24) is 0 Å². The quantitative estimate of drug-likeness (QED) is 0.548. The van der Waals surface area contributed by atoms with Crippen molar-refractivity contribution in [3.63, 3.8) is 0 Å². The van der Waals surface area contributed by atoms with Gasteiger partial charge in [-0.25, -0.2) is 9.59 Å². The molecule has 0 spiro atoms. The molecule has 0 atom stereocenters. The Labute approximate surface area is 105 Å². The van der Waals surface area contributed by atoms with Crippen molar-refractivity contribution in [2.75, 3.05) is 5.73 Å². The number of anilines is 1. The molecule has 0 aliphatic carbocycles. The molecule has 1 heterocycles. The van der Waals surface area contributed by atoms with Crippen LogP contribution in [0.25, 0.3) is 11.0 Å². The predicted molar refractivity (Wildman–Crippen MR) is 65.2 cm³/mol. The Morgan fingerprint density at radius 1 is 1.26 bits per heavy atom. The Hall–Kier alpha value is -2.83. The van der Waals surface area contributed by atoms with Crippen molar-refractivity contribution in [2.24, 2.45) is 0 Å². The van der Waals surface area contributed by atoms with E-state index in [0.29, 0.717) is 5.69 Å². The molecular weight excluding hydrogens is 254 g/mol. The molecule has 0 amide bonds. The summed E-state index contributed by atoms with van der Waals surface area (Å²) in [7, 11) is 0. The molecule has 0 aliphatic rings. The summed E-state index contributed by atoms with van der Waals surface area (Å²) >= 11 is 0. The van der Waals surface area contributed by atoms with Crippen molar-refractivity contribution < 1.29 is 24.2 Å². The number of rotatable bonds is 3. The van der Waals surface area contributed by atoms with Crippen LogP contribution in [0.4, 0.5) is 5.69 Å². The summed E-state index contributed by atoms with van der Waals surface area (Å²) in [5.74, 6) is -2.71. The van der Waals surface area contributed by atoms with E-state index in [0.717, 1.165) is 0 Å². The van der Waals surface area contributed by atoms with Crippen molar-refractivity contribution in [3.05, 3.63) is 39.7 Å². The van der Waals surface area contributed by atoms with Gasteiger partial charge < -0.3 is 20.4 Å². The number of nitrogen functional groups attached to an aromatic ring is 1. The van der Waals surface area contributed by atoms with Crippen molar-refractivity contribution in [3.8, 4) is 0 Å². The SMILES string of the molecule is Nc1ccc2c(C(=O)O)c(CC(=O)O)c(=O)oc2c1. The molecular formula is C12H9NO6. The highest BCUT2D eigenvalue weighted by atomic mass is 16.4. The number of carbonyl (C=O) groups is 2. The fourth-order valence-corrected chi connectivity index (χ4v) is 1.81. The first kappa shape index (κ1) is 12.6. The smallest absolute Gasteiger partial charge is 0.340 e.